The van der Waals surface area contributed by atoms with Crippen LogP contribution in [0.1, 0.15) is 25.7 Å². The third kappa shape index (κ3) is 1.93. The van der Waals surface area contributed by atoms with Gasteiger partial charge in [-0.2, -0.15) is 0 Å². The van der Waals surface area contributed by atoms with Crippen molar-refractivity contribution in [1.82, 2.24) is 15.3 Å². The molecule has 1 saturated carbocycles. The minimum atomic E-state index is -0.344. The number of likely N-dealkylation sites (N-methyl/N-ethyl adjacent to an activating group) is 1. The van der Waals surface area contributed by atoms with Crippen LogP contribution in [-0.4, -0.2) is 41.5 Å². The van der Waals surface area contributed by atoms with Crippen LogP contribution >= 0.6 is 0 Å². The highest BCUT2D eigenvalue weighted by Crippen LogP contribution is 2.36. The molecule has 5 nitrogen and oxygen atoms in total. The normalized spacial score (nSPS) is 34.2. The first-order valence-corrected chi connectivity index (χ1v) is 6.45. The Balaban J connectivity index is 1.82. The third-order valence-electron chi connectivity index (χ3n) is 3.93. The Morgan fingerprint density at radius 3 is 2.88 bits per heavy atom. The Morgan fingerprint density at radius 1 is 1.41 bits per heavy atom. The summed E-state index contributed by atoms with van der Waals surface area (Å²) in [4.78, 5) is 13.7. The molecule has 5 heteroatoms. The predicted octanol–water partition coefficient (Wildman–Crippen LogP) is 0.00610. The first-order valence-electron chi connectivity index (χ1n) is 6.45. The zero-order valence-corrected chi connectivity index (χ0v) is 10.2. The molecule has 17 heavy (non-hydrogen) atoms. The SMILES string of the molecule is CN1C(=O)C(N)CCCN2NC(C3CC3)C=C21. The molecule has 2 heterocycles. The molecule has 0 bridgehead atoms. The summed E-state index contributed by atoms with van der Waals surface area (Å²) in [5.41, 5.74) is 9.36. The van der Waals surface area contributed by atoms with Crippen molar-refractivity contribution in [1.29, 1.82) is 0 Å². The Labute approximate surface area is 102 Å². The summed E-state index contributed by atoms with van der Waals surface area (Å²) in [6, 6.07) is 0.0672. The number of hydrazine groups is 1. The Morgan fingerprint density at radius 2 is 2.18 bits per heavy atom. The Hall–Kier alpha value is -1.07. The monoisotopic (exact) mass is 236 g/mol. The minimum Gasteiger partial charge on any atom is -0.320 e. The Kier molecular flexibility index (Phi) is 2.60. The van der Waals surface area contributed by atoms with Gasteiger partial charge in [0.2, 0.25) is 5.91 Å². The van der Waals surface area contributed by atoms with Crippen LogP contribution in [0, 0.1) is 5.92 Å². The second-order valence-corrected chi connectivity index (χ2v) is 5.31. The summed E-state index contributed by atoms with van der Waals surface area (Å²) in [5, 5.41) is 2.12. The van der Waals surface area contributed by atoms with E-state index < -0.39 is 0 Å². The van der Waals surface area contributed by atoms with Crippen molar-refractivity contribution < 1.29 is 4.79 Å². The van der Waals surface area contributed by atoms with Gasteiger partial charge in [-0.15, -0.1) is 0 Å². The van der Waals surface area contributed by atoms with E-state index in [0.717, 1.165) is 31.1 Å². The van der Waals surface area contributed by atoms with Crippen LogP contribution in [0.15, 0.2) is 11.9 Å². The minimum absolute atomic E-state index is 0.0270. The van der Waals surface area contributed by atoms with Gasteiger partial charge in [0.25, 0.3) is 0 Å². The standard InChI is InChI=1S/C12H20N4O/c1-15-11-7-10(8-4-5-8)14-16(11)6-2-3-9(13)12(15)17/h7-10,14H,2-6,13H2,1H3. The van der Waals surface area contributed by atoms with E-state index in [-0.39, 0.29) is 11.9 Å². The number of hydrogen-bond donors (Lipinski definition) is 2. The molecule has 3 aliphatic rings. The van der Waals surface area contributed by atoms with Crippen molar-refractivity contribution in [3.8, 4) is 0 Å². The lowest BCUT2D eigenvalue weighted by molar-refractivity contribution is -0.131. The number of fused-ring (bicyclic) bond motifs is 1. The first-order chi connectivity index (χ1) is 8.16. The van der Waals surface area contributed by atoms with Crippen LogP contribution in [0.25, 0.3) is 0 Å². The van der Waals surface area contributed by atoms with Crippen molar-refractivity contribution in [2.24, 2.45) is 11.7 Å². The maximum Gasteiger partial charge on any atom is 0.244 e. The topological polar surface area (TPSA) is 61.6 Å². The van der Waals surface area contributed by atoms with E-state index in [1.165, 1.54) is 12.8 Å². The molecule has 0 radical (unpaired) electrons. The molecule has 1 amide bonds. The largest absolute Gasteiger partial charge is 0.320 e. The van der Waals surface area contributed by atoms with E-state index in [2.05, 4.69) is 16.5 Å². The molecule has 3 rings (SSSR count). The molecule has 0 aromatic rings. The Bertz CT molecular complexity index is 364. The van der Waals surface area contributed by atoms with Crippen LogP contribution in [0.2, 0.25) is 0 Å². The first kappa shape index (κ1) is 11.0. The van der Waals surface area contributed by atoms with Gasteiger partial charge < -0.3 is 5.73 Å². The van der Waals surface area contributed by atoms with Crippen molar-refractivity contribution in [3.63, 3.8) is 0 Å². The van der Waals surface area contributed by atoms with E-state index in [1.54, 1.807) is 4.90 Å². The molecule has 0 spiro atoms. The van der Waals surface area contributed by atoms with Crippen LogP contribution < -0.4 is 11.2 Å². The average molecular weight is 236 g/mol. The lowest BCUT2D eigenvalue weighted by Crippen LogP contribution is -2.49. The molecule has 2 fully saturated rings. The summed E-state index contributed by atoms with van der Waals surface area (Å²) >= 11 is 0. The second kappa shape index (κ2) is 3.99. The van der Waals surface area contributed by atoms with Crippen molar-refractivity contribution in [2.75, 3.05) is 13.6 Å². The van der Waals surface area contributed by atoms with Crippen LogP contribution in [0.3, 0.4) is 0 Å². The highest BCUT2D eigenvalue weighted by atomic mass is 16.2. The smallest absolute Gasteiger partial charge is 0.244 e. The van der Waals surface area contributed by atoms with E-state index in [0.29, 0.717) is 6.04 Å². The van der Waals surface area contributed by atoms with E-state index >= 15 is 0 Å². The molecule has 2 atom stereocenters. The van der Waals surface area contributed by atoms with Gasteiger partial charge in [-0.05, 0) is 37.7 Å². The number of nitrogens with zero attached hydrogens (tertiary/aromatic N) is 2. The number of carbonyl (C=O) groups excluding carboxylic acids is 1. The summed E-state index contributed by atoms with van der Waals surface area (Å²) < 4.78 is 0. The maximum atomic E-state index is 12.0. The van der Waals surface area contributed by atoms with Gasteiger partial charge in [0.05, 0.1) is 12.1 Å². The molecule has 0 aromatic heterocycles. The van der Waals surface area contributed by atoms with Gasteiger partial charge in [0.15, 0.2) is 0 Å². The summed E-state index contributed by atoms with van der Waals surface area (Å²) in [6.07, 6.45) is 6.51. The molecular formula is C12H20N4O. The van der Waals surface area contributed by atoms with Crippen LogP contribution in [0.4, 0.5) is 0 Å². The highest BCUT2D eigenvalue weighted by molar-refractivity contribution is 5.83. The lowest BCUT2D eigenvalue weighted by Gasteiger charge is -2.33. The van der Waals surface area contributed by atoms with Crippen molar-refractivity contribution in [3.05, 3.63) is 11.9 Å². The fourth-order valence-electron chi connectivity index (χ4n) is 2.66. The van der Waals surface area contributed by atoms with Crippen molar-refractivity contribution >= 4 is 5.91 Å². The fourth-order valence-corrected chi connectivity index (χ4v) is 2.66. The van der Waals surface area contributed by atoms with Gasteiger partial charge in [-0.1, -0.05) is 0 Å². The summed E-state index contributed by atoms with van der Waals surface area (Å²) in [6.45, 7) is 0.931. The number of carbonyl (C=O) groups is 1. The lowest BCUT2D eigenvalue weighted by atomic mass is 10.1. The van der Waals surface area contributed by atoms with Crippen LogP contribution in [0.5, 0.6) is 0 Å². The van der Waals surface area contributed by atoms with Gasteiger partial charge in [0.1, 0.15) is 5.82 Å². The summed E-state index contributed by atoms with van der Waals surface area (Å²) in [7, 11) is 1.82. The molecule has 2 aliphatic heterocycles. The highest BCUT2D eigenvalue weighted by Gasteiger charge is 2.38. The average Bonchev–Trinajstić information content (AvgIpc) is 3.08. The van der Waals surface area contributed by atoms with E-state index in [9.17, 15) is 4.79 Å². The van der Waals surface area contributed by atoms with Gasteiger partial charge >= 0.3 is 0 Å². The number of amides is 1. The van der Waals surface area contributed by atoms with E-state index in [4.69, 9.17) is 5.73 Å². The quantitative estimate of drug-likeness (QED) is 0.673. The van der Waals surface area contributed by atoms with Crippen LogP contribution in [-0.2, 0) is 4.79 Å². The number of hydrogen-bond acceptors (Lipinski definition) is 4. The number of nitrogens with two attached hydrogens (primary N) is 1. The summed E-state index contributed by atoms with van der Waals surface area (Å²) in [5.74, 6) is 1.77. The van der Waals surface area contributed by atoms with Crippen molar-refractivity contribution in [2.45, 2.75) is 37.8 Å². The van der Waals surface area contributed by atoms with Gasteiger partial charge in [0, 0.05) is 13.6 Å². The van der Waals surface area contributed by atoms with Gasteiger partial charge in [-0.3, -0.25) is 14.7 Å². The second-order valence-electron chi connectivity index (χ2n) is 5.31. The molecule has 0 aromatic carbocycles. The third-order valence-corrected chi connectivity index (χ3v) is 3.93. The molecule has 94 valence electrons. The maximum absolute atomic E-state index is 12.0. The molecule has 1 aliphatic carbocycles. The zero-order chi connectivity index (χ0) is 12.0. The number of rotatable bonds is 1. The molecule has 1 saturated heterocycles. The zero-order valence-electron chi connectivity index (χ0n) is 10.2. The van der Waals surface area contributed by atoms with E-state index in [1.807, 2.05) is 7.05 Å². The molecule has 3 N–H and O–H groups in total. The van der Waals surface area contributed by atoms with Gasteiger partial charge in [-0.25, -0.2) is 5.43 Å². The molecular weight excluding hydrogens is 216 g/mol. The fraction of sp³-hybridized carbons (Fsp3) is 0.750. The number of nitrogens with one attached hydrogen (secondary N) is 1. The predicted molar refractivity (Wildman–Crippen MR) is 64.4 cm³/mol. The molecule has 2 unspecified atom stereocenters.